The van der Waals surface area contributed by atoms with Crippen LogP contribution in [-0.2, 0) is 10.3 Å². The van der Waals surface area contributed by atoms with Gasteiger partial charge in [-0.05, 0) is 43.9 Å². The van der Waals surface area contributed by atoms with Crippen molar-refractivity contribution < 1.29 is 4.79 Å². The highest BCUT2D eigenvalue weighted by atomic mass is 79.9. The lowest BCUT2D eigenvalue weighted by molar-refractivity contribution is -0.125. The molecule has 0 bridgehead atoms. The molecule has 4 heteroatoms. The van der Waals surface area contributed by atoms with E-state index in [2.05, 4.69) is 33.4 Å². The van der Waals surface area contributed by atoms with Gasteiger partial charge in [0.1, 0.15) is 0 Å². The number of hydrogen-bond donors (Lipinski definition) is 2. The van der Waals surface area contributed by atoms with Crippen molar-refractivity contribution >= 4 is 21.8 Å². The predicted molar refractivity (Wildman–Crippen MR) is 71.5 cm³/mol. The lowest BCUT2D eigenvalue weighted by Gasteiger charge is -2.43. The molecule has 1 aromatic rings. The Labute approximate surface area is 110 Å². The molecule has 0 heterocycles. The molecule has 0 radical (unpaired) electrons. The normalized spacial score (nSPS) is 19.2. The fraction of sp³-hybridized carbons (Fsp3) is 0.462. The maximum atomic E-state index is 11.8. The van der Waals surface area contributed by atoms with Crippen LogP contribution in [0, 0.1) is 0 Å². The maximum absolute atomic E-state index is 11.8. The molecular weight excluding hydrogens is 280 g/mol. The molecule has 2 rings (SSSR count). The number of benzene rings is 1. The fourth-order valence-corrected chi connectivity index (χ4v) is 2.55. The Morgan fingerprint density at radius 1 is 1.53 bits per heavy atom. The van der Waals surface area contributed by atoms with E-state index in [9.17, 15) is 4.79 Å². The van der Waals surface area contributed by atoms with Crippen LogP contribution >= 0.6 is 15.9 Å². The van der Waals surface area contributed by atoms with E-state index in [0.717, 1.165) is 29.3 Å². The minimum Gasteiger partial charge on any atom is -0.345 e. The Kier molecular flexibility index (Phi) is 3.54. The van der Waals surface area contributed by atoms with Gasteiger partial charge in [-0.25, -0.2) is 0 Å². The van der Waals surface area contributed by atoms with Gasteiger partial charge in [-0.2, -0.15) is 0 Å². The topological polar surface area (TPSA) is 55.1 Å². The van der Waals surface area contributed by atoms with Crippen molar-refractivity contribution in [3.63, 3.8) is 0 Å². The van der Waals surface area contributed by atoms with Crippen LogP contribution in [0.3, 0.4) is 0 Å². The van der Waals surface area contributed by atoms with Crippen molar-refractivity contribution in [2.45, 2.75) is 37.8 Å². The molecule has 1 amide bonds. The molecule has 0 saturated heterocycles. The van der Waals surface area contributed by atoms with Gasteiger partial charge in [-0.3, -0.25) is 4.79 Å². The first-order chi connectivity index (χ1) is 8.03. The molecule has 3 N–H and O–H groups in total. The molecule has 17 heavy (non-hydrogen) atoms. The van der Waals surface area contributed by atoms with Crippen molar-refractivity contribution in [1.29, 1.82) is 0 Å². The van der Waals surface area contributed by atoms with Crippen LogP contribution in [0.15, 0.2) is 28.7 Å². The summed E-state index contributed by atoms with van der Waals surface area (Å²) in [5.41, 5.74) is 6.57. The van der Waals surface area contributed by atoms with Crippen molar-refractivity contribution in [3.05, 3.63) is 34.3 Å². The van der Waals surface area contributed by atoms with E-state index < -0.39 is 6.04 Å². The van der Waals surface area contributed by atoms with Crippen molar-refractivity contribution in [1.82, 2.24) is 5.32 Å². The number of hydrogen-bond acceptors (Lipinski definition) is 2. The number of carbonyl (C=O) groups excluding carboxylic acids is 1. The summed E-state index contributed by atoms with van der Waals surface area (Å²) >= 11 is 3.47. The summed E-state index contributed by atoms with van der Waals surface area (Å²) in [6.45, 7) is 1.71. The van der Waals surface area contributed by atoms with Gasteiger partial charge in [0, 0.05) is 4.47 Å². The van der Waals surface area contributed by atoms with E-state index in [-0.39, 0.29) is 11.4 Å². The van der Waals surface area contributed by atoms with Crippen LogP contribution < -0.4 is 11.1 Å². The molecule has 3 nitrogen and oxygen atoms in total. The minimum absolute atomic E-state index is 0.0790. The molecule has 0 unspecified atom stereocenters. The molecule has 0 aliphatic heterocycles. The molecular formula is C13H17BrN2O. The van der Waals surface area contributed by atoms with Gasteiger partial charge >= 0.3 is 0 Å². The number of nitrogens with two attached hydrogens (primary N) is 1. The monoisotopic (exact) mass is 296 g/mol. The van der Waals surface area contributed by atoms with E-state index in [1.54, 1.807) is 6.92 Å². The molecule has 0 spiro atoms. The number of rotatable bonds is 3. The SMILES string of the molecule is C[C@H](N)C(=O)NC1(c2cccc(Br)c2)CCC1. The van der Waals surface area contributed by atoms with Gasteiger partial charge < -0.3 is 11.1 Å². The number of nitrogens with one attached hydrogen (secondary N) is 1. The molecule has 1 aliphatic carbocycles. The first-order valence-electron chi connectivity index (χ1n) is 5.87. The van der Waals surface area contributed by atoms with Crippen LogP contribution in [0.2, 0.25) is 0 Å². The standard InChI is InChI=1S/C13H17BrN2O/c1-9(15)12(17)16-13(6-3-7-13)10-4-2-5-11(14)8-10/h2,4-5,8-9H,3,6-7,15H2,1H3,(H,16,17)/t9-/m0/s1. The van der Waals surface area contributed by atoms with E-state index in [1.165, 1.54) is 0 Å². The second-order valence-corrected chi connectivity index (χ2v) is 5.64. The molecule has 1 aliphatic rings. The van der Waals surface area contributed by atoms with Gasteiger partial charge in [-0.15, -0.1) is 0 Å². The largest absolute Gasteiger partial charge is 0.345 e. The van der Waals surface area contributed by atoms with E-state index in [4.69, 9.17) is 5.73 Å². The summed E-state index contributed by atoms with van der Waals surface area (Å²) in [4.78, 5) is 11.8. The van der Waals surface area contributed by atoms with Crippen LogP contribution in [-0.4, -0.2) is 11.9 Å². The zero-order valence-corrected chi connectivity index (χ0v) is 11.5. The zero-order chi connectivity index (χ0) is 12.5. The molecule has 1 fully saturated rings. The smallest absolute Gasteiger partial charge is 0.237 e. The molecule has 1 atom stereocenters. The summed E-state index contributed by atoms with van der Waals surface area (Å²) in [5.74, 6) is -0.0790. The quantitative estimate of drug-likeness (QED) is 0.899. The second-order valence-electron chi connectivity index (χ2n) is 4.72. The Hall–Kier alpha value is -0.870. The van der Waals surface area contributed by atoms with Gasteiger partial charge in [0.05, 0.1) is 11.6 Å². The maximum Gasteiger partial charge on any atom is 0.237 e. The zero-order valence-electron chi connectivity index (χ0n) is 9.87. The third kappa shape index (κ3) is 2.53. The predicted octanol–water partition coefficient (Wildman–Crippen LogP) is 2.29. The van der Waals surface area contributed by atoms with Crippen molar-refractivity contribution in [2.75, 3.05) is 0 Å². The van der Waals surface area contributed by atoms with E-state index >= 15 is 0 Å². The molecule has 1 aromatic carbocycles. The van der Waals surface area contributed by atoms with Crippen molar-refractivity contribution in [2.24, 2.45) is 5.73 Å². The summed E-state index contributed by atoms with van der Waals surface area (Å²) in [6, 6.07) is 7.66. The Bertz CT molecular complexity index is 427. The first-order valence-corrected chi connectivity index (χ1v) is 6.66. The van der Waals surface area contributed by atoms with E-state index in [0.29, 0.717) is 0 Å². The highest BCUT2D eigenvalue weighted by molar-refractivity contribution is 9.10. The van der Waals surface area contributed by atoms with Gasteiger partial charge in [0.15, 0.2) is 0 Å². The summed E-state index contributed by atoms with van der Waals surface area (Å²) < 4.78 is 1.04. The third-order valence-corrected chi connectivity index (χ3v) is 3.85. The average Bonchev–Trinajstić information content (AvgIpc) is 2.22. The van der Waals surface area contributed by atoms with Gasteiger partial charge in [-0.1, -0.05) is 28.1 Å². The second kappa shape index (κ2) is 4.78. The summed E-state index contributed by atoms with van der Waals surface area (Å²) in [6.07, 6.45) is 3.12. The number of amides is 1. The van der Waals surface area contributed by atoms with Gasteiger partial charge in [0.2, 0.25) is 5.91 Å². The lowest BCUT2D eigenvalue weighted by Crippen LogP contribution is -2.54. The Morgan fingerprint density at radius 3 is 2.71 bits per heavy atom. The van der Waals surface area contributed by atoms with E-state index in [1.807, 2.05) is 12.1 Å². The molecule has 0 aromatic heterocycles. The third-order valence-electron chi connectivity index (χ3n) is 3.36. The van der Waals surface area contributed by atoms with Crippen LogP contribution in [0.1, 0.15) is 31.7 Å². The Balaban J connectivity index is 2.23. The first kappa shape index (κ1) is 12.6. The minimum atomic E-state index is -0.459. The van der Waals surface area contributed by atoms with Gasteiger partial charge in [0.25, 0.3) is 0 Å². The van der Waals surface area contributed by atoms with Crippen molar-refractivity contribution in [3.8, 4) is 0 Å². The molecule has 1 saturated carbocycles. The number of halogens is 1. The highest BCUT2D eigenvalue weighted by Gasteiger charge is 2.40. The molecule has 92 valence electrons. The summed E-state index contributed by atoms with van der Waals surface area (Å²) in [7, 11) is 0. The summed E-state index contributed by atoms with van der Waals surface area (Å²) in [5, 5.41) is 3.09. The van der Waals surface area contributed by atoms with Crippen LogP contribution in [0.4, 0.5) is 0 Å². The van der Waals surface area contributed by atoms with Crippen LogP contribution in [0.25, 0.3) is 0 Å². The fourth-order valence-electron chi connectivity index (χ4n) is 2.15. The highest BCUT2D eigenvalue weighted by Crippen LogP contribution is 2.41. The lowest BCUT2D eigenvalue weighted by atomic mass is 9.71. The number of carbonyl (C=O) groups is 1. The Morgan fingerprint density at radius 2 is 2.24 bits per heavy atom. The van der Waals surface area contributed by atoms with Crippen LogP contribution in [0.5, 0.6) is 0 Å². The average molecular weight is 297 g/mol.